The van der Waals surface area contributed by atoms with E-state index in [2.05, 4.69) is 44.4 Å². The lowest BCUT2D eigenvalue weighted by Gasteiger charge is -2.69. The zero-order valence-corrected chi connectivity index (χ0v) is 24.6. The summed E-state index contributed by atoms with van der Waals surface area (Å²) in [5, 5.41) is 0. The molecule has 39 heavy (non-hydrogen) atoms. The first-order chi connectivity index (χ1) is 18.1. The second-order valence-electron chi connectivity index (χ2n) is 15.5. The van der Waals surface area contributed by atoms with Crippen molar-refractivity contribution in [2.45, 2.75) is 99.0 Å². The van der Waals surface area contributed by atoms with Crippen molar-refractivity contribution in [2.75, 3.05) is 0 Å². The second-order valence-corrected chi connectivity index (χ2v) is 15.5. The van der Waals surface area contributed by atoms with Gasteiger partial charge in [0.05, 0.1) is 12.1 Å². The van der Waals surface area contributed by atoms with Crippen LogP contribution in [0.5, 0.6) is 0 Å². The molecule has 6 heteroatoms. The van der Waals surface area contributed by atoms with Gasteiger partial charge in [0.2, 0.25) is 5.70 Å². The summed E-state index contributed by atoms with van der Waals surface area (Å²) in [5.74, 6) is 0.0443. The van der Waals surface area contributed by atoms with Crippen LogP contribution >= 0.6 is 0 Å². The molecule has 1 heterocycles. The van der Waals surface area contributed by atoms with Crippen LogP contribution in [-0.4, -0.2) is 21.1 Å². The van der Waals surface area contributed by atoms with E-state index in [-0.39, 0.29) is 62.5 Å². The molecule has 0 amide bonds. The number of nitrogens with zero attached hydrogens (tertiary/aromatic N) is 2. The number of H-pyrrole nitrogens is 1. The van der Waals surface area contributed by atoms with Gasteiger partial charge >= 0.3 is 5.69 Å². The van der Waals surface area contributed by atoms with Crippen molar-refractivity contribution in [1.29, 1.82) is 0 Å². The van der Waals surface area contributed by atoms with Crippen molar-refractivity contribution in [1.82, 2.24) is 9.55 Å². The number of carbonyl (C=O) groups excluding carboxylic acids is 2. The number of rotatable bonds is 1. The van der Waals surface area contributed by atoms with Gasteiger partial charge in [0.15, 0.2) is 11.6 Å². The molecule has 0 radical (unpaired) electrons. The molecule has 1 aromatic rings. The van der Waals surface area contributed by atoms with Crippen LogP contribution in [-0.2, 0) is 15.1 Å². The molecule has 5 aliphatic carbocycles. The smallest absolute Gasteiger partial charge is 0.313 e. The minimum Gasteiger partial charge on any atom is -0.313 e. The van der Waals surface area contributed by atoms with Crippen molar-refractivity contribution in [2.24, 2.45) is 44.8 Å². The number of nitrogens with one attached hydrogen (secondary N) is 1. The van der Waals surface area contributed by atoms with E-state index in [1.807, 2.05) is 36.8 Å². The quantitative estimate of drug-likeness (QED) is 0.424. The summed E-state index contributed by atoms with van der Waals surface area (Å²) in [4.78, 5) is 47.4. The zero-order chi connectivity index (χ0) is 28.4. The Bertz CT molecular complexity index is 1450. The predicted molar refractivity (Wildman–Crippen MR) is 150 cm³/mol. The number of hydrogen-bond donors (Lipinski definition) is 1. The summed E-state index contributed by atoms with van der Waals surface area (Å²) in [5.41, 5.74) is -0.690. The van der Waals surface area contributed by atoms with Gasteiger partial charge in [0.1, 0.15) is 0 Å². The molecule has 3 saturated carbocycles. The molecule has 0 aromatic carbocycles. The lowest BCUT2D eigenvalue weighted by molar-refractivity contribution is -0.168. The molecule has 0 bridgehead atoms. The van der Waals surface area contributed by atoms with Crippen molar-refractivity contribution >= 4 is 11.6 Å². The van der Waals surface area contributed by atoms with Crippen LogP contribution in [0, 0.1) is 51.4 Å². The Hall–Kier alpha value is -2.68. The summed E-state index contributed by atoms with van der Waals surface area (Å²) in [6.07, 6.45) is 13.9. The van der Waals surface area contributed by atoms with Crippen LogP contribution in [0.4, 0.5) is 0 Å². The average molecular weight is 530 g/mol. The Labute approximate surface area is 232 Å². The van der Waals surface area contributed by atoms with E-state index in [1.54, 1.807) is 6.20 Å². The Morgan fingerprint density at radius 3 is 2.31 bits per heavy atom. The molecule has 208 valence electrons. The summed E-state index contributed by atoms with van der Waals surface area (Å²) >= 11 is 0. The number of Topliss-reactive ketones (excluding diaryl/α,β-unsaturated/α-hetero) is 1. The third-order valence-electron chi connectivity index (χ3n) is 12.9. The number of aromatic nitrogens is 2. The Morgan fingerprint density at radius 2 is 1.67 bits per heavy atom. The van der Waals surface area contributed by atoms with Crippen LogP contribution < -0.4 is 5.69 Å². The number of fused-ring (bicyclic) bond motifs is 7. The van der Waals surface area contributed by atoms with Gasteiger partial charge in [0, 0.05) is 29.1 Å². The molecule has 5 aliphatic rings. The second kappa shape index (κ2) is 7.74. The molecule has 6 rings (SSSR count). The number of carbonyl (C=O) groups is 2. The van der Waals surface area contributed by atoms with E-state index in [4.69, 9.17) is 6.57 Å². The first-order valence-electron chi connectivity index (χ1n) is 14.8. The number of aromatic amines is 1. The normalized spacial score (nSPS) is 44.1. The lowest BCUT2D eigenvalue weighted by Crippen LogP contribution is -2.67. The summed E-state index contributed by atoms with van der Waals surface area (Å²) in [6, 6.07) is 0. The molecule has 3 fully saturated rings. The molecule has 7 atom stereocenters. The van der Waals surface area contributed by atoms with Crippen molar-refractivity contribution in [3.8, 4) is 0 Å². The van der Waals surface area contributed by atoms with Crippen LogP contribution in [0.1, 0.15) is 93.4 Å². The Morgan fingerprint density at radius 1 is 0.974 bits per heavy atom. The van der Waals surface area contributed by atoms with E-state index in [9.17, 15) is 14.4 Å². The molecular weight excluding hydrogens is 486 g/mol. The van der Waals surface area contributed by atoms with Crippen molar-refractivity contribution in [3.63, 3.8) is 0 Å². The Balaban J connectivity index is 1.55. The highest BCUT2D eigenvalue weighted by Gasteiger charge is 2.70. The summed E-state index contributed by atoms with van der Waals surface area (Å²) in [7, 11) is 0. The van der Waals surface area contributed by atoms with Gasteiger partial charge in [-0.3, -0.25) is 9.36 Å². The fraction of sp³-hybridized carbons (Fsp3) is 0.697. The highest BCUT2D eigenvalue weighted by molar-refractivity contribution is 6.03. The molecule has 0 saturated heterocycles. The predicted octanol–water partition coefficient (Wildman–Crippen LogP) is 6.46. The SMILES string of the molecule is [C-]#[N+]C1=C[C@]2(C)C3=CC(=O)[C@@H]4[C@@H]5CC(C)(C)CC[C@]5(n5cc[nH]c5=O)CC[C@@]4(C)[C@]3(C)CC[C@H]2C(C)(C)C1=O. The third-order valence-corrected chi connectivity index (χ3v) is 12.9. The molecular formula is C33H43N3O3. The number of ketones is 2. The van der Waals surface area contributed by atoms with Gasteiger partial charge in [-0.25, -0.2) is 9.64 Å². The lowest BCUT2D eigenvalue weighted by atomic mass is 9.35. The summed E-state index contributed by atoms with van der Waals surface area (Å²) in [6.45, 7) is 23.2. The molecule has 0 unspecified atom stereocenters. The highest BCUT2D eigenvalue weighted by atomic mass is 16.1. The molecule has 1 N–H and O–H groups in total. The maximum Gasteiger partial charge on any atom is 0.326 e. The highest BCUT2D eigenvalue weighted by Crippen LogP contribution is 2.74. The van der Waals surface area contributed by atoms with E-state index in [0.717, 1.165) is 50.5 Å². The topological polar surface area (TPSA) is 76.3 Å². The van der Waals surface area contributed by atoms with Gasteiger partial charge in [0.25, 0.3) is 0 Å². The number of hydrogen-bond acceptors (Lipinski definition) is 3. The first-order valence-corrected chi connectivity index (χ1v) is 14.8. The summed E-state index contributed by atoms with van der Waals surface area (Å²) < 4.78 is 1.93. The van der Waals surface area contributed by atoms with Crippen LogP contribution in [0.3, 0.4) is 0 Å². The minimum absolute atomic E-state index is 0.0463. The first kappa shape index (κ1) is 26.5. The molecule has 6 nitrogen and oxygen atoms in total. The van der Waals surface area contributed by atoms with Gasteiger partial charge in [-0.1, -0.05) is 60.1 Å². The largest absolute Gasteiger partial charge is 0.326 e. The van der Waals surface area contributed by atoms with E-state index >= 15 is 0 Å². The van der Waals surface area contributed by atoms with Gasteiger partial charge in [-0.15, -0.1) is 0 Å². The van der Waals surface area contributed by atoms with Crippen molar-refractivity contribution < 1.29 is 9.59 Å². The van der Waals surface area contributed by atoms with Crippen LogP contribution in [0.25, 0.3) is 4.85 Å². The fourth-order valence-corrected chi connectivity index (χ4v) is 10.7. The molecule has 0 spiro atoms. The molecule has 0 aliphatic heterocycles. The standard InChI is InChI=1S/C33H43N3O3/c1-28(2)11-13-33(36-16-15-35-27(36)39)14-12-32(7)25(20(33)18-28)22(37)17-24-30(5)19-21(34-8)26(38)29(3,4)23(30)9-10-31(24,32)6/h15-17,19-20,23,25H,9-14,18H2,1-7H3,(H,35,39)/t20-,23-,25-,30-,31+,32+,33-/m0/s1. The van der Waals surface area contributed by atoms with Crippen LogP contribution in [0.15, 0.2) is 40.6 Å². The van der Waals surface area contributed by atoms with Gasteiger partial charge in [-0.2, -0.15) is 0 Å². The fourth-order valence-electron chi connectivity index (χ4n) is 10.7. The van der Waals surface area contributed by atoms with E-state index in [0.29, 0.717) is 0 Å². The van der Waals surface area contributed by atoms with Gasteiger partial charge in [-0.05, 0) is 79.1 Å². The van der Waals surface area contributed by atoms with Crippen LogP contribution in [0.2, 0.25) is 0 Å². The van der Waals surface area contributed by atoms with Crippen molar-refractivity contribution in [3.05, 3.63) is 57.7 Å². The minimum atomic E-state index is -0.656. The zero-order valence-electron chi connectivity index (χ0n) is 24.6. The van der Waals surface area contributed by atoms with Gasteiger partial charge < -0.3 is 9.78 Å². The maximum atomic E-state index is 14.6. The average Bonchev–Trinajstić information content (AvgIpc) is 3.29. The van der Waals surface area contributed by atoms with E-state index in [1.165, 1.54) is 0 Å². The monoisotopic (exact) mass is 529 g/mol. The third kappa shape index (κ3) is 3.11. The molecule has 1 aromatic heterocycles. The number of allylic oxidation sites excluding steroid dienone is 4. The Kier molecular flexibility index (Phi) is 5.27. The maximum absolute atomic E-state index is 14.6. The van der Waals surface area contributed by atoms with E-state index < -0.39 is 10.8 Å². The number of imidazole rings is 1.